The number of amides is 1. The number of nitrogens with one attached hydrogen (secondary N) is 1. The quantitative estimate of drug-likeness (QED) is 0.742. The Morgan fingerprint density at radius 1 is 1.15 bits per heavy atom. The second kappa shape index (κ2) is 7.97. The molecule has 0 aliphatic heterocycles. The standard InChI is InChI=1S/C21H23N3O2/c1-24(2)14-20(16-5-4-6-19(12-16)26-3)23-21(25)17-7-8-18-13-22-10-9-15(18)11-17/h4-13,20H,14H2,1-3H3,(H,23,25). The van der Waals surface area contributed by atoms with Crippen molar-refractivity contribution in [1.29, 1.82) is 0 Å². The average molecular weight is 349 g/mol. The van der Waals surface area contributed by atoms with Crippen molar-refractivity contribution >= 4 is 16.7 Å². The van der Waals surface area contributed by atoms with Gasteiger partial charge in [0, 0.05) is 29.9 Å². The van der Waals surface area contributed by atoms with E-state index in [1.54, 1.807) is 19.5 Å². The molecule has 2 aromatic carbocycles. The first-order valence-electron chi connectivity index (χ1n) is 8.50. The Morgan fingerprint density at radius 2 is 2.00 bits per heavy atom. The number of hydrogen-bond acceptors (Lipinski definition) is 4. The third-order valence-electron chi connectivity index (χ3n) is 4.25. The lowest BCUT2D eigenvalue weighted by atomic mass is 10.0. The van der Waals surface area contributed by atoms with Crippen LogP contribution in [0.2, 0.25) is 0 Å². The third kappa shape index (κ3) is 4.18. The molecule has 1 amide bonds. The first kappa shape index (κ1) is 17.9. The highest BCUT2D eigenvalue weighted by atomic mass is 16.5. The number of methoxy groups -OCH3 is 1. The average Bonchev–Trinajstić information content (AvgIpc) is 2.66. The van der Waals surface area contributed by atoms with E-state index in [4.69, 9.17) is 4.74 Å². The van der Waals surface area contributed by atoms with E-state index in [1.165, 1.54) is 0 Å². The minimum absolute atomic E-state index is 0.0987. The molecule has 1 aromatic heterocycles. The van der Waals surface area contributed by atoms with Gasteiger partial charge in [-0.2, -0.15) is 0 Å². The highest BCUT2D eigenvalue weighted by Crippen LogP contribution is 2.21. The molecule has 0 saturated heterocycles. The van der Waals surface area contributed by atoms with Crippen molar-refractivity contribution in [3.05, 3.63) is 72.1 Å². The van der Waals surface area contributed by atoms with Crippen LogP contribution in [-0.4, -0.2) is 43.5 Å². The summed E-state index contributed by atoms with van der Waals surface area (Å²) in [6, 6.07) is 15.2. The smallest absolute Gasteiger partial charge is 0.251 e. The first-order chi connectivity index (χ1) is 12.6. The second-order valence-electron chi connectivity index (χ2n) is 6.50. The van der Waals surface area contributed by atoms with Gasteiger partial charge in [-0.05, 0) is 55.4 Å². The molecular formula is C21H23N3O2. The highest BCUT2D eigenvalue weighted by Gasteiger charge is 2.17. The van der Waals surface area contributed by atoms with Gasteiger partial charge in [0.15, 0.2) is 0 Å². The molecule has 0 bridgehead atoms. The lowest BCUT2D eigenvalue weighted by Gasteiger charge is -2.23. The number of aromatic nitrogens is 1. The van der Waals surface area contributed by atoms with Crippen LogP contribution in [-0.2, 0) is 0 Å². The zero-order valence-electron chi connectivity index (χ0n) is 15.3. The maximum absolute atomic E-state index is 12.8. The predicted octanol–water partition coefficient (Wildman–Crippen LogP) is 3.28. The van der Waals surface area contributed by atoms with E-state index < -0.39 is 0 Å². The number of fused-ring (bicyclic) bond motifs is 1. The molecule has 0 fully saturated rings. The normalized spacial score (nSPS) is 12.2. The van der Waals surface area contributed by atoms with Crippen molar-refractivity contribution in [3.8, 4) is 5.75 Å². The Kier molecular flexibility index (Phi) is 5.49. The van der Waals surface area contributed by atoms with Crippen LogP contribution in [0.3, 0.4) is 0 Å². The minimum Gasteiger partial charge on any atom is -0.497 e. The molecule has 3 aromatic rings. The van der Waals surface area contributed by atoms with Crippen LogP contribution < -0.4 is 10.1 Å². The Morgan fingerprint density at radius 3 is 2.77 bits per heavy atom. The lowest BCUT2D eigenvalue weighted by Crippen LogP contribution is -2.35. The molecule has 0 saturated carbocycles. The van der Waals surface area contributed by atoms with Gasteiger partial charge in [0.05, 0.1) is 13.2 Å². The SMILES string of the molecule is COc1cccc(C(CN(C)C)NC(=O)c2ccc3cnccc3c2)c1. The molecular weight excluding hydrogens is 326 g/mol. The maximum atomic E-state index is 12.8. The molecule has 5 nitrogen and oxygen atoms in total. The molecule has 0 spiro atoms. The fraction of sp³-hybridized carbons (Fsp3) is 0.238. The van der Waals surface area contributed by atoms with Gasteiger partial charge in [-0.3, -0.25) is 9.78 Å². The zero-order valence-corrected chi connectivity index (χ0v) is 15.3. The van der Waals surface area contributed by atoms with Gasteiger partial charge in [-0.25, -0.2) is 0 Å². The Hall–Kier alpha value is -2.92. The second-order valence-corrected chi connectivity index (χ2v) is 6.50. The molecule has 3 rings (SSSR count). The summed E-state index contributed by atoms with van der Waals surface area (Å²) in [5, 5.41) is 5.16. The Labute approximate surface area is 153 Å². The van der Waals surface area contributed by atoms with Crippen molar-refractivity contribution < 1.29 is 9.53 Å². The zero-order chi connectivity index (χ0) is 18.5. The van der Waals surface area contributed by atoms with Gasteiger partial charge in [-0.15, -0.1) is 0 Å². The third-order valence-corrected chi connectivity index (χ3v) is 4.25. The van der Waals surface area contributed by atoms with E-state index >= 15 is 0 Å². The molecule has 1 N–H and O–H groups in total. The van der Waals surface area contributed by atoms with Gasteiger partial charge in [0.25, 0.3) is 5.91 Å². The van der Waals surface area contributed by atoms with Crippen LogP contribution in [0, 0.1) is 0 Å². The highest BCUT2D eigenvalue weighted by molar-refractivity contribution is 5.98. The van der Waals surface area contributed by atoms with Gasteiger partial charge < -0.3 is 15.0 Å². The van der Waals surface area contributed by atoms with E-state index in [0.717, 1.165) is 22.1 Å². The van der Waals surface area contributed by atoms with Crippen molar-refractivity contribution in [3.63, 3.8) is 0 Å². The number of carbonyl (C=O) groups excluding carboxylic acids is 1. The molecule has 0 aliphatic rings. The van der Waals surface area contributed by atoms with Crippen molar-refractivity contribution in [2.75, 3.05) is 27.7 Å². The Bertz CT molecular complexity index is 908. The lowest BCUT2D eigenvalue weighted by molar-refractivity contribution is 0.0930. The van der Waals surface area contributed by atoms with Crippen LogP contribution in [0.5, 0.6) is 5.75 Å². The topological polar surface area (TPSA) is 54.5 Å². The molecule has 0 radical (unpaired) electrons. The monoisotopic (exact) mass is 349 g/mol. The summed E-state index contributed by atoms with van der Waals surface area (Å²) < 4.78 is 5.32. The van der Waals surface area contributed by atoms with Gasteiger partial charge >= 0.3 is 0 Å². The summed E-state index contributed by atoms with van der Waals surface area (Å²) in [6.45, 7) is 0.691. The van der Waals surface area contributed by atoms with Crippen LogP contribution >= 0.6 is 0 Å². The number of pyridine rings is 1. The predicted molar refractivity (Wildman–Crippen MR) is 103 cm³/mol. The number of carbonyl (C=O) groups is 1. The fourth-order valence-electron chi connectivity index (χ4n) is 2.92. The summed E-state index contributed by atoms with van der Waals surface area (Å²) in [5.74, 6) is 0.678. The summed E-state index contributed by atoms with van der Waals surface area (Å²) in [4.78, 5) is 19.0. The minimum atomic E-state index is -0.138. The molecule has 26 heavy (non-hydrogen) atoms. The Balaban J connectivity index is 1.85. The molecule has 1 heterocycles. The summed E-state index contributed by atoms with van der Waals surface area (Å²) >= 11 is 0. The number of rotatable bonds is 6. The molecule has 5 heteroatoms. The number of likely N-dealkylation sites (N-methyl/N-ethyl adjacent to an activating group) is 1. The molecule has 0 aliphatic carbocycles. The summed E-state index contributed by atoms with van der Waals surface area (Å²) in [7, 11) is 5.62. The van der Waals surface area contributed by atoms with Crippen molar-refractivity contribution in [2.24, 2.45) is 0 Å². The van der Waals surface area contributed by atoms with Gasteiger partial charge in [-0.1, -0.05) is 18.2 Å². The molecule has 1 unspecified atom stereocenters. The van der Waals surface area contributed by atoms with Gasteiger partial charge in [0.1, 0.15) is 5.75 Å². The largest absolute Gasteiger partial charge is 0.497 e. The summed E-state index contributed by atoms with van der Waals surface area (Å²) in [6.07, 6.45) is 3.53. The van der Waals surface area contributed by atoms with Crippen LogP contribution in [0.25, 0.3) is 10.8 Å². The molecule has 134 valence electrons. The van der Waals surface area contributed by atoms with E-state index in [9.17, 15) is 4.79 Å². The molecule has 1 atom stereocenters. The van der Waals surface area contributed by atoms with Crippen molar-refractivity contribution in [2.45, 2.75) is 6.04 Å². The van der Waals surface area contributed by atoms with Crippen molar-refractivity contribution in [1.82, 2.24) is 15.2 Å². The number of nitrogens with zero attached hydrogens (tertiary/aromatic N) is 2. The van der Waals surface area contributed by atoms with E-state index in [0.29, 0.717) is 12.1 Å². The maximum Gasteiger partial charge on any atom is 0.251 e. The van der Waals surface area contributed by atoms with E-state index in [2.05, 4.69) is 15.2 Å². The van der Waals surface area contributed by atoms with Crippen LogP contribution in [0.4, 0.5) is 0 Å². The summed E-state index contributed by atoms with van der Waals surface area (Å²) in [5.41, 5.74) is 1.65. The first-order valence-corrected chi connectivity index (χ1v) is 8.50. The number of hydrogen-bond donors (Lipinski definition) is 1. The van der Waals surface area contributed by atoms with Crippen LogP contribution in [0.15, 0.2) is 60.9 Å². The van der Waals surface area contributed by atoms with Gasteiger partial charge in [0.2, 0.25) is 0 Å². The van der Waals surface area contributed by atoms with E-state index in [-0.39, 0.29) is 11.9 Å². The number of benzene rings is 2. The van der Waals surface area contributed by atoms with E-state index in [1.807, 2.05) is 62.6 Å². The fourth-order valence-corrected chi connectivity index (χ4v) is 2.92. The number of ether oxygens (including phenoxy) is 1. The van der Waals surface area contributed by atoms with Crippen LogP contribution in [0.1, 0.15) is 22.0 Å².